The Morgan fingerprint density at radius 3 is 2.60 bits per heavy atom. The molecule has 1 saturated heterocycles. The number of ether oxygens (including phenoxy) is 3. The predicted molar refractivity (Wildman–Crippen MR) is 77.5 cm³/mol. The van der Waals surface area contributed by atoms with Gasteiger partial charge in [0.25, 0.3) is 0 Å². The summed E-state index contributed by atoms with van der Waals surface area (Å²) in [6, 6.07) is 3.78. The van der Waals surface area contributed by atoms with Gasteiger partial charge in [-0.05, 0) is 55.9 Å². The lowest BCUT2D eigenvalue weighted by Gasteiger charge is -2.18. The molecule has 4 nitrogen and oxygen atoms in total. The Labute approximate surface area is 120 Å². The Hall–Kier alpha value is -1.26. The molecule has 20 heavy (non-hydrogen) atoms. The maximum atomic E-state index is 10.4. The molecule has 0 amide bonds. The van der Waals surface area contributed by atoms with Gasteiger partial charge in [0.2, 0.25) is 0 Å². The van der Waals surface area contributed by atoms with Gasteiger partial charge in [-0.25, -0.2) is 0 Å². The molecule has 112 valence electrons. The number of aryl methyl sites for hydroxylation is 1. The minimum absolute atomic E-state index is 0.310. The van der Waals surface area contributed by atoms with Crippen LogP contribution in [0.3, 0.4) is 0 Å². The van der Waals surface area contributed by atoms with E-state index in [2.05, 4.69) is 0 Å². The van der Waals surface area contributed by atoms with Gasteiger partial charge in [0.15, 0.2) is 11.5 Å². The minimum Gasteiger partial charge on any atom is -0.493 e. The second-order valence-electron chi connectivity index (χ2n) is 5.29. The maximum Gasteiger partial charge on any atom is 0.161 e. The Balaban J connectivity index is 2.06. The third kappa shape index (κ3) is 3.44. The largest absolute Gasteiger partial charge is 0.493 e. The smallest absolute Gasteiger partial charge is 0.161 e. The molecule has 2 rings (SSSR count). The highest BCUT2D eigenvalue weighted by Crippen LogP contribution is 2.34. The van der Waals surface area contributed by atoms with E-state index in [9.17, 15) is 5.11 Å². The van der Waals surface area contributed by atoms with Crippen molar-refractivity contribution in [2.24, 2.45) is 0 Å². The fourth-order valence-electron chi connectivity index (χ4n) is 2.73. The Morgan fingerprint density at radius 1 is 1.30 bits per heavy atom. The SMILES string of the molecule is COc1cc(C)c(C(O)CCC2CCCO2)cc1OC. The van der Waals surface area contributed by atoms with E-state index in [1.807, 2.05) is 19.1 Å². The van der Waals surface area contributed by atoms with E-state index >= 15 is 0 Å². The summed E-state index contributed by atoms with van der Waals surface area (Å²) in [6.45, 7) is 2.84. The van der Waals surface area contributed by atoms with Gasteiger partial charge in [-0.1, -0.05) is 0 Å². The quantitative estimate of drug-likeness (QED) is 0.870. The van der Waals surface area contributed by atoms with E-state index in [0.29, 0.717) is 24.0 Å². The van der Waals surface area contributed by atoms with Crippen molar-refractivity contribution >= 4 is 0 Å². The van der Waals surface area contributed by atoms with Gasteiger partial charge >= 0.3 is 0 Å². The summed E-state index contributed by atoms with van der Waals surface area (Å²) in [7, 11) is 3.22. The lowest BCUT2D eigenvalue weighted by molar-refractivity contribution is 0.0810. The highest BCUT2D eigenvalue weighted by atomic mass is 16.5. The molecule has 2 unspecified atom stereocenters. The summed E-state index contributed by atoms with van der Waals surface area (Å²) >= 11 is 0. The van der Waals surface area contributed by atoms with Crippen LogP contribution in [0.1, 0.15) is 42.9 Å². The van der Waals surface area contributed by atoms with Crippen LogP contribution in [0.2, 0.25) is 0 Å². The van der Waals surface area contributed by atoms with E-state index in [0.717, 1.165) is 37.0 Å². The number of hydrogen-bond acceptors (Lipinski definition) is 4. The number of methoxy groups -OCH3 is 2. The maximum absolute atomic E-state index is 10.4. The zero-order chi connectivity index (χ0) is 14.5. The second kappa shape index (κ2) is 6.95. The van der Waals surface area contributed by atoms with Crippen LogP contribution in [-0.4, -0.2) is 32.0 Å². The Morgan fingerprint density at radius 2 is 2.00 bits per heavy atom. The number of benzene rings is 1. The molecule has 1 fully saturated rings. The second-order valence-corrected chi connectivity index (χ2v) is 5.29. The first-order valence-electron chi connectivity index (χ1n) is 7.18. The standard InChI is InChI=1S/C16H24O4/c1-11-9-15(18-2)16(19-3)10-13(11)14(17)7-6-12-5-4-8-20-12/h9-10,12,14,17H,4-8H2,1-3H3. The van der Waals surface area contributed by atoms with E-state index in [1.165, 1.54) is 0 Å². The van der Waals surface area contributed by atoms with Crippen LogP contribution in [-0.2, 0) is 4.74 Å². The van der Waals surface area contributed by atoms with Crippen LogP contribution in [0, 0.1) is 6.92 Å². The summed E-state index contributed by atoms with van der Waals surface area (Å²) in [5, 5.41) is 10.4. The van der Waals surface area contributed by atoms with Gasteiger partial charge in [-0.2, -0.15) is 0 Å². The zero-order valence-corrected chi connectivity index (χ0v) is 12.5. The van der Waals surface area contributed by atoms with E-state index < -0.39 is 6.10 Å². The molecule has 0 saturated carbocycles. The summed E-state index contributed by atoms with van der Waals surface area (Å²) in [5.74, 6) is 1.35. The van der Waals surface area contributed by atoms with Crippen LogP contribution < -0.4 is 9.47 Å². The molecule has 2 atom stereocenters. The van der Waals surface area contributed by atoms with Gasteiger partial charge in [0, 0.05) is 6.61 Å². The number of aliphatic hydroxyl groups excluding tert-OH is 1. The number of hydrogen-bond donors (Lipinski definition) is 1. The van der Waals surface area contributed by atoms with E-state index in [-0.39, 0.29) is 0 Å². The van der Waals surface area contributed by atoms with E-state index in [4.69, 9.17) is 14.2 Å². The first-order valence-corrected chi connectivity index (χ1v) is 7.18. The van der Waals surface area contributed by atoms with Crippen molar-refractivity contribution in [1.82, 2.24) is 0 Å². The van der Waals surface area contributed by atoms with Gasteiger partial charge in [-0.3, -0.25) is 0 Å². The zero-order valence-electron chi connectivity index (χ0n) is 12.5. The van der Waals surface area contributed by atoms with Crippen molar-refractivity contribution in [3.05, 3.63) is 23.3 Å². The third-order valence-electron chi connectivity index (χ3n) is 3.92. The van der Waals surface area contributed by atoms with E-state index in [1.54, 1.807) is 14.2 Å². The molecule has 1 aromatic rings. The van der Waals surface area contributed by atoms with Crippen molar-refractivity contribution in [1.29, 1.82) is 0 Å². The molecule has 1 N–H and O–H groups in total. The van der Waals surface area contributed by atoms with Gasteiger partial charge in [0.1, 0.15) is 0 Å². The van der Waals surface area contributed by atoms with Crippen molar-refractivity contribution in [2.75, 3.05) is 20.8 Å². The van der Waals surface area contributed by atoms with Crippen LogP contribution in [0.5, 0.6) is 11.5 Å². The molecule has 0 aliphatic carbocycles. The van der Waals surface area contributed by atoms with Crippen molar-refractivity contribution in [3.63, 3.8) is 0 Å². The fraction of sp³-hybridized carbons (Fsp3) is 0.625. The molecular formula is C16H24O4. The monoisotopic (exact) mass is 280 g/mol. The van der Waals surface area contributed by atoms with Crippen LogP contribution >= 0.6 is 0 Å². The Kier molecular flexibility index (Phi) is 5.26. The van der Waals surface area contributed by atoms with Crippen LogP contribution in [0.25, 0.3) is 0 Å². The summed E-state index contributed by atoms with van der Waals surface area (Å²) in [5.41, 5.74) is 1.92. The fourth-order valence-corrected chi connectivity index (χ4v) is 2.73. The number of aliphatic hydroxyl groups is 1. The molecule has 0 bridgehead atoms. The number of rotatable bonds is 6. The van der Waals surface area contributed by atoms with Crippen LogP contribution in [0.15, 0.2) is 12.1 Å². The molecule has 0 aromatic heterocycles. The van der Waals surface area contributed by atoms with Gasteiger partial charge < -0.3 is 19.3 Å². The summed E-state index contributed by atoms with van der Waals surface area (Å²) < 4.78 is 16.2. The molecule has 1 heterocycles. The average Bonchev–Trinajstić information content (AvgIpc) is 2.97. The van der Waals surface area contributed by atoms with Gasteiger partial charge in [-0.15, -0.1) is 0 Å². The highest BCUT2D eigenvalue weighted by molar-refractivity contribution is 5.47. The molecule has 1 aliphatic heterocycles. The first kappa shape index (κ1) is 15.1. The molecule has 0 radical (unpaired) electrons. The molecule has 1 aliphatic rings. The minimum atomic E-state index is -0.487. The topological polar surface area (TPSA) is 47.9 Å². The lowest BCUT2D eigenvalue weighted by Crippen LogP contribution is -2.09. The third-order valence-corrected chi connectivity index (χ3v) is 3.92. The predicted octanol–water partition coefficient (Wildman–Crippen LogP) is 3.00. The normalized spacial score (nSPS) is 19.9. The van der Waals surface area contributed by atoms with Gasteiger partial charge in [0.05, 0.1) is 26.4 Å². The molecule has 1 aromatic carbocycles. The molecule has 4 heteroatoms. The van der Waals surface area contributed by atoms with Crippen molar-refractivity contribution in [2.45, 2.75) is 44.8 Å². The van der Waals surface area contributed by atoms with Crippen molar-refractivity contribution < 1.29 is 19.3 Å². The Bertz CT molecular complexity index is 438. The summed E-state index contributed by atoms with van der Waals surface area (Å²) in [6.07, 6.45) is 3.67. The molecule has 0 spiro atoms. The van der Waals surface area contributed by atoms with Crippen LogP contribution in [0.4, 0.5) is 0 Å². The van der Waals surface area contributed by atoms with Crippen molar-refractivity contribution in [3.8, 4) is 11.5 Å². The highest BCUT2D eigenvalue weighted by Gasteiger charge is 2.20. The summed E-state index contributed by atoms with van der Waals surface area (Å²) in [4.78, 5) is 0. The lowest BCUT2D eigenvalue weighted by atomic mass is 9.97. The first-order chi connectivity index (χ1) is 9.65. The average molecular weight is 280 g/mol. The molecular weight excluding hydrogens is 256 g/mol.